The number of oxazole rings is 1. The van der Waals surface area contributed by atoms with Gasteiger partial charge in [-0.05, 0) is 31.2 Å². The third kappa shape index (κ3) is 2.44. The van der Waals surface area contributed by atoms with Crippen LogP contribution >= 0.6 is 0 Å². The molecule has 0 unspecified atom stereocenters. The van der Waals surface area contributed by atoms with Crippen molar-refractivity contribution in [1.29, 1.82) is 0 Å². The zero-order chi connectivity index (χ0) is 15.8. The Bertz CT molecular complexity index is 983. The molecule has 114 valence electrons. The second-order valence-electron chi connectivity index (χ2n) is 5.17. The van der Waals surface area contributed by atoms with E-state index in [-0.39, 0.29) is 12.3 Å². The molecule has 0 bridgehead atoms. The van der Waals surface area contributed by atoms with Gasteiger partial charge >= 0.3 is 5.97 Å². The number of pyridine rings is 1. The molecule has 0 amide bonds. The smallest absolute Gasteiger partial charge is 0.359 e. The number of carbonyl (C=O) groups excluding carboxylic acids is 1. The van der Waals surface area contributed by atoms with Gasteiger partial charge in [0.05, 0.1) is 0 Å². The molecule has 0 radical (unpaired) electrons. The molecule has 1 aromatic carbocycles. The van der Waals surface area contributed by atoms with Crippen LogP contribution in [0.5, 0.6) is 0 Å². The summed E-state index contributed by atoms with van der Waals surface area (Å²) in [6.07, 6.45) is 1.67. The van der Waals surface area contributed by atoms with Gasteiger partial charge in [-0.1, -0.05) is 18.2 Å². The Hall–Kier alpha value is -3.15. The maximum absolute atomic E-state index is 12.1. The summed E-state index contributed by atoms with van der Waals surface area (Å²) in [7, 11) is 0. The van der Waals surface area contributed by atoms with Gasteiger partial charge in [0.25, 0.3) is 0 Å². The van der Waals surface area contributed by atoms with Crippen LogP contribution < -0.4 is 0 Å². The second-order valence-corrected chi connectivity index (χ2v) is 5.17. The lowest BCUT2D eigenvalue weighted by Gasteiger charge is -1.98. The topological polar surface area (TPSA) is 69.6 Å². The molecule has 0 aliphatic heterocycles. The first-order chi connectivity index (χ1) is 11.2. The van der Waals surface area contributed by atoms with Gasteiger partial charge < -0.3 is 13.6 Å². The van der Waals surface area contributed by atoms with Gasteiger partial charge in [0.15, 0.2) is 17.9 Å². The van der Waals surface area contributed by atoms with E-state index >= 15 is 0 Å². The number of hydrogen-bond donors (Lipinski definition) is 0. The molecule has 0 aliphatic carbocycles. The Balaban J connectivity index is 1.53. The van der Waals surface area contributed by atoms with Crippen LogP contribution in [0.3, 0.4) is 0 Å². The van der Waals surface area contributed by atoms with Gasteiger partial charge in [0.1, 0.15) is 11.2 Å². The quantitative estimate of drug-likeness (QED) is 0.544. The minimum absolute atomic E-state index is 0.0274. The zero-order valence-electron chi connectivity index (χ0n) is 12.4. The number of hydrogen-bond acceptors (Lipinski definition) is 5. The number of rotatable bonds is 3. The van der Waals surface area contributed by atoms with E-state index in [0.717, 1.165) is 11.2 Å². The van der Waals surface area contributed by atoms with Crippen LogP contribution in [0.1, 0.15) is 22.1 Å². The Kier molecular flexibility index (Phi) is 3.08. The van der Waals surface area contributed by atoms with Crippen LogP contribution in [0.25, 0.3) is 16.7 Å². The summed E-state index contributed by atoms with van der Waals surface area (Å²) in [5.41, 5.74) is 3.37. The molecule has 0 saturated heterocycles. The number of nitrogens with zero attached hydrogens (tertiary/aromatic N) is 3. The minimum Gasteiger partial charge on any atom is -0.451 e. The molecule has 23 heavy (non-hydrogen) atoms. The second kappa shape index (κ2) is 5.24. The average molecular weight is 307 g/mol. The fourth-order valence-electron chi connectivity index (χ4n) is 2.43. The SMILES string of the molecule is Cc1cccc2nc(C(=O)OCc3nc4ccccc4o3)cn12. The average Bonchev–Trinajstić information content (AvgIpc) is 3.17. The van der Waals surface area contributed by atoms with Crippen LogP contribution in [0.15, 0.2) is 53.1 Å². The number of fused-ring (bicyclic) bond motifs is 2. The number of benzene rings is 1. The molecule has 0 atom stereocenters. The van der Waals surface area contributed by atoms with E-state index < -0.39 is 5.97 Å². The predicted molar refractivity (Wildman–Crippen MR) is 83.1 cm³/mol. The van der Waals surface area contributed by atoms with Crippen LogP contribution in [-0.4, -0.2) is 20.3 Å². The summed E-state index contributed by atoms with van der Waals surface area (Å²) in [5.74, 6) is -0.144. The molecule has 0 N–H and O–H groups in total. The number of esters is 1. The number of aryl methyl sites for hydroxylation is 1. The van der Waals surface area contributed by atoms with Crippen molar-refractivity contribution >= 4 is 22.7 Å². The Labute approximate surface area is 131 Å². The molecule has 3 aromatic heterocycles. The predicted octanol–water partition coefficient (Wildman–Crippen LogP) is 3.14. The maximum atomic E-state index is 12.1. The molecule has 4 aromatic rings. The third-order valence-electron chi connectivity index (χ3n) is 3.57. The first kappa shape index (κ1) is 13.5. The molecule has 0 saturated carbocycles. The fourth-order valence-corrected chi connectivity index (χ4v) is 2.43. The van der Waals surface area contributed by atoms with E-state index in [1.807, 2.05) is 53.8 Å². The summed E-state index contributed by atoms with van der Waals surface area (Å²) in [5, 5.41) is 0. The van der Waals surface area contributed by atoms with Gasteiger partial charge in [-0.3, -0.25) is 0 Å². The van der Waals surface area contributed by atoms with Crippen molar-refractivity contribution in [1.82, 2.24) is 14.4 Å². The van der Waals surface area contributed by atoms with Crippen molar-refractivity contribution in [2.24, 2.45) is 0 Å². The third-order valence-corrected chi connectivity index (χ3v) is 3.57. The molecule has 0 fully saturated rings. The Morgan fingerprint density at radius 3 is 2.87 bits per heavy atom. The highest BCUT2D eigenvalue weighted by molar-refractivity contribution is 5.88. The largest absolute Gasteiger partial charge is 0.451 e. The molecular weight excluding hydrogens is 294 g/mol. The van der Waals surface area contributed by atoms with Gasteiger partial charge in [0, 0.05) is 11.9 Å². The first-order valence-electron chi connectivity index (χ1n) is 7.17. The molecule has 0 aliphatic rings. The monoisotopic (exact) mass is 307 g/mol. The summed E-state index contributed by atoms with van der Waals surface area (Å²) in [6.45, 7) is 1.92. The standard InChI is InChI=1S/C17H13N3O3/c1-11-5-4-8-15-18-13(9-20(11)15)17(21)22-10-16-19-12-6-2-3-7-14(12)23-16/h2-9H,10H2,1H3. The van der Waals surface area contributed by atoms with Crippen molar-refractivity contribution in [2.75, 3.05) is 0 Å². The molecule has 6 heteroatoms. The van der Waals surface area contributed by atoms with Crippen LogP contribution in [-0.2, 0) is 11.3 Å². The molecule has 4 rings (SSSR count). The van der Waals surface area contributed by atoms with Crippen molar-refractivity contribution < 1.29 is 13.9 Å². The fraction of sp³-hybridized carbons (Fsp3) is 0.118. The van der Waals surface area contributed by atoms with Crippen LogP contribution in [0.2, 0.25) is 0 Å². The Morgan fingerprint density at radius 2 is 2.04 bits per heavy atom. The lowest BCUT2D eigenvalue weighted by molar-refractivity contribution is 0.0434. The zero-order valence-corrected chi connectivity index (χ0v) is 12.4. The van der Waals surface area contributed by atoms with E-state index in [4.69, 9.17) is 9.15 Å². The summed E-state index contributed by atoms with van der Waals surface area (Å²) in [6, 6.07) is 13.1. The molecule has 3 heterocycles. The van der Waals surface area contributed by atoms with Gasteiger partial charge in [-0.2, -0.15) is 0 Å². The Morgan fingerprint density at radius 1 is 1.17 bits per heavy atom. The van der Waals surface area contributed by atoms with Gasteiger partial charge in [-0.15, -0.1) is 0 Å². The van der Waals surface area contributed by atoms with Crippen molar-refractivity contribution in [3.8, 4) is 0 Å². The van der Waals surface area contributed by atoms with Gasteiger partial charge in [-0.25, -0.2) is 14.8 Å². The highest BCUT2D eigenvalue weighted by Crippen LogP contribution is 2.16. The van der Waals surface area contributed by atoms with Crippen LogP contribution in [0.4, 0.5) is 0 Å². The van der Waals surface area contributed by atoms with Crippen molar-refractivity contribution in [3.05, 3.63) is 65.9 Å². The van der Waals surface area contributed by atoms with Crippen molar-refractivity contribution in [2.45, 2.75) is 13.5 Å². The van der Waals surface area contributed by atoms with E-state index in [1.165, 1.54) is 0 Å². The summed E-state index contributed by atoms with van der Waals surface area (Å²) >= 11 is 0. The maximum Gasteiger partial charge on any atom is 0.359 e. The lowest BCUT2D eigenvalue weighted by Crippen LogP contribution is -2.05. The molecule has 0 spiro atoms. The first-order valence-corrected chi connectivity index (χ1v) is 7.17. The summed E-state index contributed by atoms with van der Waals surface area (Å²) < 4.78 is 12.6. The van der Waals surface area contributed by atoms with Gasteiger partial charge in [0.2, 0.25) is 5.89 Å². The lowest BCUT2D eigenvalue weighted by atomic mass is 10.3. The number of imidazole rings is 1. The molecular formula is C17H13N3O3. The van der Waals surface area contributed by atoms with E-state index in [9.17, 15) is 4.79 Å². The van der Waals surface area contributed by atoms with Crippen molar-refractivity contribution in [3.63, 3.8) is 0 Å². The highest BCUT2D eigenvalue weighted by Gasteiger charge is 2.14. The molecule has 6 nitrogen and oxygen atoms in total. The number of carbonyl (C=O) groups is 1. The normalized spacial score (nSPS) is 11.2. The number of para-hydroxylation sites is 2. The van der Waals surface area contributed by atoms with Crippen LogP contribution in [0, 0.1) is 6.92 Å². The number of aromatic nitrogens is 3. The van der Waals surface area contributed by atoms with E-state index in [1.54, 1.807) is 6.20 Å². The van der Waals surface area contributed by atoms with E-state index in [0.29, 0.717) is 17.1 Å². The number of ether oxygens (including phenoxy) is 1. The minimum atomic E-state index is -0.504. The summed E-state index contributed by atoms with van der Waals surface area (Å²) in [4.78, 5) is 20.7. The van der Waals surface area contributed by atoms with E-state index in [2.05, 4.69) is 9.97 Å². The highest BCUT2D eigenvalue weighted by atomic mass is 16.5.